The number of ether oxygens (including phenoxy) is 1. The van der Waals surface area contributed by atoms with Crippen molar-refractivity contribution in [1.82, 2.24) is 10.0 Å². The van der Waals surface area contributed by atoms with Gasteiger partial charge in [0.15, 0.2) is 0 Å². The lowest BCUT2D eigenvalue weighted by Gasteiger charge is -2.36. The topological polar surface area (TPSA) is 49.9 Å². The molecule has 0 radical (unpaired) electrons. The number of carbonyl (C=O) groups is 2. The summed E-state index contributed by atoms with van der Waals surface area (Å²) in [6.07, 6.45) is 5.38. The highest BCUT2D eigenvalue weighted by atomic mass is 79.9. The maximum absolute atomic E-state index is 13.1. The Bertz CT molecular complexity index is 736. The second-order valence-electron chi connectivity index (χ2n) is 8.69. The molecule has 1 heterocycles. The molecule has 3 rings (SSSR count). The standard InChI is InChI=1S/C21H29BrN2O3/c1-14-10-17(22)11-16-13-23(19(25)18(14)16)24(20(26)27-21(2,3)4)12-15-8-6-5-7-9-15/h10-11,15H,5-9,12-13H2,1-4H3. The highest BCUT2D eigenvalue weighted by Crippen LogP contribution is 2.32. The van der Waals surface area contributed by atoms with E-state index < -0.39 is 11.7 Å². The Morgan fingerprint density at radius 1 is 1.26 bits per heavy atom. The van der Waals surface area contributed by atoms with E-state index in [9.17, 15) is 9.59 Å². The van der Waals surface area contributed by atoms with Gasteiger partial charge in [-0.1, -0.05) is 35.2 Å². The predicted octanol–water partition coefficient (Wildman–Crippen LogP) is 5.45. The molecule has 2 amide bonds. The maximum atomic E-state index is 13.1. The third-order valence-electron chi connectivity index (χ3n) is 5.20. The van der Waals surface area contributed by atoms with Crippen LogP contribution in [0.4, 0.5) is 4.79 Å². The zero-order valence-corrected chi connectivity index (χ0v) is 18.3. The van der Waals surface area contributed by atoms with Gasteiger partial charge in [-0.15, -0.1) is 0 Å². The van der Waals surface area contributed by atoms with Gasteiger partial charge in [0.1, 0.15) is 5.60 Å². The summed E-state index contributed by atoms with van der Waals surface area (Å²) in [5.41, 5.74) is 1.98. The maximum Gasteiger partial charge on any atom is 0.429 e. The number of aryl methyl sites for hydroxylation is 1. The fraction of sp³-hybridized carbons (Fsp3) is 0.619. The van der Waals surface area contributed by atoms with E-state index in [0.29, 0.717) is 24.6 Å². The van der Waals surface area contributed by atoms with Crippen LogP contribution in [0.5, 0.6) is 0 Å². The van der Waals surface area contributed by atoms with Crippen LogP contribution < -0.4 is 0 Å². The first-order valence-corrected chi connectivity index (χ1v) is 10.6. The lowest BCUT2D eigenvalue weighted by molar-refractivity contribution is -0.0464. The normalized spacial score (nSPS) is 17.8. The summed E-state index contributed by atoms with van der Waals surface area (Å²) in [5, 5.41) is 3.13. The van der Waals surface area contributed by atoms with Crippen molar-refractivity contribution in [2.45, 2.75) is 71.9 Å². The molecule has 0 unspecified atom stereocenters. The van der Waals surface area contributed by atoms with Crippen LogP contribution in [-0.2, 0) is 11.3 Å². The van der Waals surface area contributed by atoms with Gasteiger partial charge in [0.25, 0.3) is 5.91 Å². The van der Waals surface area contributed by atoms with E-state index in [1.165, 1.54) is 19.3 Å². The minimum absolute atomic E-state index is 0.114. The van der Waals surface area contributed by atoms with Gasteiger partial charge in [-0.3, -0.25) is 4.79 Å². The average Bonchev–Trinajstić information content (AvgIpc) is 2.88. The van der Waals surface area contributed by atoms with Crippen molar-refractivity contribution < 1.29 is 14.3 Å². The van der Waals surface area contributed by atoms with E-state index >= 15 is 0 Å². The van der Waals surface area contributed by atoms with Crippen molar-refractivity contribution in [3.05, 3.63) is 33.3 Å². The van der Waals surface area contributed by atoms with Gasteiger partial charge in [-0.05, 0) is 69.7 Å². The number of fused-ring (bicyclic) bond motifs is 1. The summed E-state index contributed by atoms with van der Waals surface area (Å²) >= 11 is 3.51. The Morgan fingerprint density at radius 3 is 2.56 bits per heavy atom. The molecule has 6 heteroatoms. The van der Waals surface area contributed by atoms with Crippen molar-refractivity contribution in [3.63, 3.8) is 0 Å². The van der Waals surface area contributed by atoms with Crippen LogP contribution in [0.2, 0.25) is 0 Å². The smallest absolute Gasteiger partial charge is 0.429 e. The van der Waals surface area contributed by atoms with Crippen molar-refractivity contribution >= 4 is 27.9 Å². The second kappa shape index (κ2) is 7.82. The number of nitrogens with zero attached hydrogens (tertiary/aromatic N) is 2. The number of benzene rings is 1. The van der Waals surface area contributed by atoms with Gasteiger partial charge < -0.3 is 4.74 Å². The van der Waals surface area contributed by atoms with Crippen molar-refractivity contribution in [2.75, 3.05) is 6.54 Å². The molecule has 0 aromatic heterocycles. The Hall–Kier alpha value is -1.56. The minimum Gasteiger partial charge on any atom is -0.442 e. The number of carbonyl (C=O) groups excluding carboxylic acids is 2. The molecule has 1 aliphatic carbocycles. The molecule has 0 spiro atoms. The minimum atomic E-state index is -0.601. The van der Waals surface area contributed by atoms with Crippen molar-refractivity contribution in [2.24, 2.45) is 5.92 Å². The van der Waals surface area contributed by atoms with Crippen LogP contribution in [0.15, 0.2) is 16.6 Å². The highest BCUT2D eigenvalue weighted by molar-refractivity contribution is 9.10. The van der Waals surface area contributed by atoms with Crippen LogP contribution in [-0.4, -0.2) is 34.2 Å². The predicted molar refractivity (Wildman–Crippen MR) is 108 cm³/mol. The van der Waals surface area contributed by atoms with Gasteiger partial charge in [0.05, 0.1) is 6.54 Å². The van der Waals surface area contributed by atoms with Crippen LogP contribution >= 0.6 is 15.9 Å². The van der Waals surface area contributed by atoms with E-state index in [4.69, 9.17) is 4.74 Å². The number of hydrazine groups is 1. The monoisotopic (exact) mass is 436 g/mol. The number of rotatable bonds is 3. The SMILES string of the molecule is Cc1cc(Br)cc2c1C(=O)N(N(CC1CCCCC1)C(=O)OC(C)(C)C)C2. The summed E-state index contributed by atoms with van der Waals surface area (Å²) in [6, 6.07) is 3.91. The van der Waals surface area contributed by atoms with E-state index in [-0.39, 0.29) is 5.91 Å². The molecular weight excluding hydrogens is 408 g/mol. The molecule has 27 heavy (non-hydrogen) atoms. The number of hydrogen-bond donors (Lipinski definition) is 0. The Kier molecular flexibility index (Phi) is 5.84. The number of hydrogen-bond acceptors (Lipinski definition) is 3. The fourth-order valence-corrected chi connectivity index (χ4v) is 4.62. The molecule has 2 aliphatic rings. The van der Waals surface area contributed by atoms with E-state index in [2.05, 4.69) is 15.9 Å². The molecule has 0 N–H and O–H groups in total. The zero-order valence-electron chi connectivity index (χ0n) is 16.7. The van der Waals surface area contributed by atoms with Crippen LogP contribution in [0.3, 0.4) is 0 Å². The molecule has 1 fully saturated rings. The summed E-state index contributed by atoms with van der Waals surface area (Å²) in [7, 11) is 0. The molecule has 1 aliphatic heterocycles. The molecular formula is C21H29BrN2O3. The van der Waals surface area contributed by atoms with Crippen molar-refractivity contribution in [1.29, 1.82) is 0 Å². The highest BCUT2D eigenvalue weighted by Gasteiger charge is 2.38. The Balaban J connectivity index is 1.87. The molecule has 0 bridgehead atoms. The summed E-state index contributed by atoms with van der Waals surface area (Å²) in [6.45, 7) is 8.43. The largest absolute Gasteiger partial charge is 0.442 e. The van der Waals surface area contributed by atoms with E-state index in [1.54, 1.807) is 10.0 Å². The third-order valence-corrected chi connectivity index (χ3v) is 5.66. The van der Waals surface area contributed by atoms with Crippen LogP contribution in [0.1, 0.15) is 74.4 Å². The molecule has 0 atom stereocenters. The fourth-order valence-electron chi connectivity index (χ4n) is 4.00. The van der Waals surface area contributed by atoms with Gasteiger partial charge in [-0.2, -0.15) is 0 Å². The van der Waals surface area contributed by atoms with Gasteiger partial charge >= 0.3 is 6.09 Å². The molecule has 5 nitrogen and oxygen atoms in total. The molecule has 1 saturated carbocycles. The van der Waals surface area contributed by atoms with E-state index in [0.717, 1.165) is 28.4 Å². The van der Waals surface area contributed by atoms with Gasteiger partial charge in [0.2, 0.25) is 0 Å². The lowest BCUT2D eigenvalue weighted by atomic mass is 9.89. The quantitative estimate of drug-likeness (QED) is 0.632. The molecule has 0 saturated heterocycles. The first-order chi connectivity index (χ1) is 12.7. The van der Waals surface area contributed by atoms with E-state index in [1.807, 2.05) is 39.8 Å². The Morgan fingerprint density at radius 2 is 1.93 bits per heavy atom. The van der Waals surface area contributed by atoms with Gasteiger partial charge in [-0.25, -0.2) is 14.8 Å². The first kappa shape index (κ1) is 20.2. The van der Waals surface area contributed by atoms with Gasteiger partial charge in [0, 0.05) is 16.6 Å². The summed E-state index contributed by atoms with van der Waals surface area (Å²) in [5.74, 6) is 0.298. The first-order valence-electron chi connectivity index (χ1n) is 9.77. The summed E-state index contributed by atoms with van der Waals surface area (Å²) in [4.78, 5) is 26.1. The number of halogens is 1. The van der Waals surface area contributed by atoms with Crippen molar-refractivity contribution in [3.8, 4) is 0 Å². The molecule has 148 valence electrons. The Labute approximate surface area is 170 Å². The third kappa shape index (κ3) is 4.65. The number of amides is 2. The average molecular weight is 437 g/mol. The molecule has 1 aromatic rings. The summed E-state index contributed by atoms with van der Waals surface area (Å²) < 4.78 is 6.59. The van der Waals surface area contributed by atoms with Crippen LogP contribution in [0.25, 0.3) is 0 Å². The van der Waals surface area contributed by atoms with Crippen LogP contribution in [0, 0.1) is 12.8 Å². The lowest BCUT2D eigenvalue weighted by Crippen LogP contribution is -2.50. The second-order valence-corrected chi connectivity index (χ2v) is 9.60. The molecule has 1 aromatic carbocycles. The zero-order chi connectivity index (χ0) is 19.8.